The minimum atomic E-state index is -0.382. The van der Waals surface area contributed by atoms with Crippen molar-refractivity contribution in [2.24, 2.45) is 5.73 Å². The van der Waals surface area contributed by atoms with Crippen molar-refractivity contribution in [1.82, 2.24) is 29.8 Å². The van der Waals surface area contributed by atoms with Crippen LogP contribution in [0.2, 0.25) is 0 Å². The molecule has 0 bridgehead atoms. The second kappa shape index (κ2) is 19.9. The molecule has 4 aliphatic rings. The van der Waals surface area contributed by atoms with Gasteiger partial charge in [0.2, 0.25) is 5.91 Å². The third-order valence-electron chi connectivity index (χ3n) is 12.7. The highest BCUT2D eigenvalue weighted by molar-refractivity contribution is 6.28. The van der Waals surface area contributed by atoms with Crippen molar-refractivity contribution in [1.29, 1.82) is 0 Å². The van der Waals surface area contributed by atoms with E-state index in [1.54, 1.807) is 17.0 Å². The summed E-state index contributed by atoms with van der Waals surface area (Å²) in [6.07, 6.45) is 0.531. The lowest BCUT2D eigenvalue weighted by Gasteiger charge is -2.36. The number of imide groups is 2. The number of carbonyl (C=O) groups is 5. The minimum absolute atomic E-state index is 0.0107. The standard InChI is InChI=1S/C47H59N9O7/c1-50-19-23-52(24-20-50)39-12-10-37-42-33(39)6-3-8-35(42)44(58)55(46(37)60)18-16-49-15-5-17-54(41(57)32-63-31-30-62-29-14-48)27-28-56-45(59)36-9-4-7-34-40(53-25-21-51(2)22-26-53)13-11-38(43(34)36)47(56)61/h3-4,6-13,49H,5,14-32,48H2,1-2H3. The Morgan fingerprint density at radius 1 is 0.603 bits per heavy atom. The zero-order valence-electron chi connectivity index (χ0n) is 36.5. The molecule has 0 spiro atoms. The number of likely N-dealkylation sites (N-methyl/N-ethyl adjacent to an activating group) is 2. The van der Waals surface area contributed by atoms with Crippen molar-refractivity contribution in [2.75, 3.05) is 148 Å². The average Bonchev–Trinajstić information content (AvgIpc) is 3.30. The van der Waals surface area contributed by atoms with E-state index in [4.69, 9.17) is 15.2 Å². The third kappa shape index (κ3) is 9.28. The summed E-state index contributed by atoms with van der Waals surface area (Å²) in [7, 11) is 4.22. The molecule has 4 aromatic rings. The fourth-order valence-corrected chi connectivity index (χ4v) is 9.16. The number of hydrogen-bond donors (Lipinski definition) is 2. The number of carbonyl (C=O) groups excluding carboxylic acids is 5. The zero-order valence-corrected chi connectivity index (χ0v) is 36.5. The number of nitrogens with one attached hydrogen (secondary N) is 1. The molecular formula is C47H59N9O7. The summed E-state index contributed by atoms with van der Waals surface area (Å²) in [5.74, 6) is -1.66. The summed E-state index contributed by atoms with van der Waals surface area (Å²) in [5.41, 5.74) is 9.57. The first-order valence-electron chi connectivity index (χ1n) is 22.2. The van der Waals surface area contributed by atoms with Crippen LogP contribution in [-0.2, 0) is 14.3 Å². The van der Waals surface area contributed by atoms with Crippen molar-refractivity contribution in [2.45, 2.75) is 6.42 Å². The van der Waals surface area contributed by atoms with Crippen LogP contribution >= 0.6 is 0 Å². The quantitative estimate of drug-likeness (QED) is 0.104. The number of hydrogen-bond acceptors (Lipinski definition) is 13. The lowest BCUT2D eigenvalue weighted by molar-refractivity contribution is -0.136. The minimum Gasteiger partial charge on any atom is -0.378 e. The molecule has 63 heavy (non-hydrogen) atoms. The Morgan fingerprint density at radius 3 is 1.62 bits per heavy atom. The van der Waals surface area contributed by atoms with Gasteiger partial charge in [-0.05, 0) is 63.5 Å². The van der Waals surface area contributed by atoms with Crippen LogP contribution in [0.25, 0.3) is 21.5 Å². The maximum absolute atomic E-state index is 14.0. The lowest BCUT2D eigenvalue weighted by atomic mass is 9.92. The molecule has 3 N–H and O–H groups in total. The molecule has 5 amide bonds. The van der Waals surface area contributed by atoms with E-state index < -0.39 is 0 Å². The summed E-state index contributed by atoms with van der Waals surface area (Å²) >= 11 is 0. The van der Waals surface area contributed by atoms with Crippen LogP contribution < -0.4 is 20.9 Å². The number of piperazine rings is 2. The fraction of sp³-hybridized carbons (Fsp3) is 0.468. The second-order valence-electron chi connectivity index (χ2n) is 16.8. The Hall–Kier alpha value is -5.49. The predicted octanol–water partition coefficient (Wildman–Crippen LogP) is 2.19. The number of ether oxygens (including phenoxy) is 2. The summed E-state index contributed by atoms with van der Waals surface area (Å²) in [4.78, 5) is 82.5. The molecule has 334 valence electrons. The maximum Gasteiger partial charge on any atom is 0.261 e. The van der Waals surface area contributed by atoms with Gasteiger partial charge in [-0.15, -0.1) is 0 Å². The Morgan fingerprint density at radius 2 is 1.10 bits per heavy atom. The molecule has 4 aromatic carbocycles. The largest absolute Gasteiger partial charge is 0.378 e. The Labute approximate surface area is 368 Å². The molecule has 0 aliphatic carbocycles. The van der Waals surface area contributed by atoms with Crippen LogP contribution in [0.1, 0.15) is 47.9 Å². The van der Waals surface area contributed by atoms with Crippen molar-refractivity contribution in [3.8, 4) is 0 Å². The summed E-state index contributed by atoms with van der Waals surface area (Å²) in [5, 5.41) is 6.54. The fourth-order valence-electron chi connectivity index (χ4n) is 9.16. The molecule has 8 rings (SSSR count). The molecular weight excluding hydrogens is 803 g/mol. The molecule has 0 aromatic heterocycles. The van der Waals surface area contributed by atoms with Crippen molar-refractivity contribution in [3.63, 3.8) is 0 Å². The van der Waals surface area contributed by atoms with Crippen molar-refractivity contribution in [3.05, 3.63) is 82.9 Å². The van der Waals surface area contributed by atoms with Crippen molar-refractivity contribution < 1.29 is 33.4 Å². The van der Waals surface area contributed by atoms with Gasteiger partial charge in [0.05, 0.1) is 19.8 Å². The van der Waals surface area contributed by atoms with Gasteiger partial charge < -0.3 is 45.0 Å². The maximum atomic E-state index is 14.0. The third-order valence-corrected chi connectivity index (χ3v) is 12.7. The Kier molecular flexibility index (Phi) is 13.9. The highest BCUT2D eigenvalue weighted by Gasteiger charge is 2.36. The normalized spacial score (nSPS) is 17.2. The van der Waals surface area contributed by atoms with E-state index in [1.807, 2.05) is 48.5 Å². The van der Waals surface area contributed by atoms with E-state index in [0.717, 1.165) is 79.9 Å². The molecule has 0 unspecified atom stereocenters. The second-order valence-corrected chi connectivity index (χ2v) is 16.8. The Bertz CT molecular complexity index is 2310. The van der Waals surface area contributed by atoms with E-state index in [2.05, 4.69) is 39.0 Å². The first-order chi connectivity index (χ1) is 30.7. The zero-order chi connectivity index (χ0) is 44.0. The molecule has 16 heteroatoms. The molecule has 0 saturated carbocycles. The highest BCUT2D eigenvalue weighted by atomic mass is 16.5. The summed E-state index contributed by atoms with van der Waals surface area (Å²) in [6.45, 7) is 9.80. The molecule has 2 fully saturated rings. The molecule has 0 atom stereocenters. The summed E-state index contributed by atoms with van der Waals surface area (Å²) in [6, 6.07) is 19.0. The van der Waals surface area contributed by atoms with E-state index in [0.29, 0.717) is 73.5 Å². The number of benzene rings is 4. The number of amides is 5. The van der Waals surface area contributed by atoms with E-state index in [-0.39, 0.29) is 62.4 Å². The van der Waals surface area contributed by atoms with Crippen LogP contribution in [-0.4, -0.2) is 193 Å². The average molecular weight is 862 g/mol. The Balaban J connectivity index is 0.881. The lowest BCUT2D eigenvalue weighted by Crippen LogP contribution is -2.47. The monoisotopic (exact) mass is 861 g/mol. The van der Waals surface area contributed by atoms with Gasteiger partial charge in [-0.2, -0.15) is 0 Å². The summed E-state index contributed by atoms with van der Waals surface area (Å²) < 4.78 is 11.0. The molecule has 4 aliphatic heterocycles. The first kappa shape index (κ1) is 44.1. The van der Waals surface area contributed by atoms with Gasteiger partial charge in [0.25, 0.3) is 23.6 Å². The van der Waals surface area contributed by atoms with Gasteiger partial charge in [-0.1, -0.05) is 24.3 Å². The van der Waals surface area contributed by atoms with Gasteiger partial charge >= 0.3 is 0 Å². The van der Waals surface area contributed by atoms with Crippen LogP contribution in [0.5, 0.6) is 0 Å². The van der Waals surface area contributed by atoms with Crippen molar-refractivity contribution >= 4 is 62.5 Å². The van der Waals surface area contributed by atoms with Gasteiger partial charge in [-0.3, -0.25) is 33.8 Å². The molecule has 16 nitrogen and oxygen atoms in total. The van der Waals surface area contributed by atoms with Crippen LogP contribution in [0.3, 0.4) is 0 Å². The van der Waals surface area contributed by atoms with Crippen LogP contribution in [0, 0.1) is 0 Å². The highest BCUT2D eigenvalue weighted by Crippen LogP contribution is 2.38. The van der Waals surface area contributed by atoms with Gasteiger partial charge in [0, 0.05) is 147 Å². The number of anilines is 2. The SMILES string of the molecule is CN1CCN(c2ccc3c4c(cccc24)C(=O)N(CCNCCCN(CCN2C(=O)c4cccc5c(N6CCN(C)CC6)ccc(c45)C2=O)C(=O)COCCOCCN)C3=O)CC1. The number of rotatable bonds is 19. The van der Waals surface area contributed by atoms with E-state index >= 15 is 0 Å². The molecule has 2 saturated heterocycles. The van der Waals surface area contributed by atoms with Gasteiger partial charge in [0.15, 0.2) is 0 Å². The predicted molar refractivity (Wildman–Crippen MR) is 243 cm³/mol. The number of nitrogens with two attached hydrogens (primary N) is 1. The molecule has 0 radical (unpaired) electrons. The number of nitrogens with zero attached hydrogens (tertiary/aromatic N) is 7. The first-order valence-corrected chi connectivity index (χ1v) is 22.2. The van der Waals surface area contributed by atoms with Gasteiger partial charge in [-0.25, -0.2) is 0 Å². The topological polar surface area (TPSA) is 165 Å². The smallest absolute Gasteiger partial charge is 0.261 e. The van der Waals surface area contributed by atoms with Crippen LogP contribution in [0.15, 0.2) is 60.7 Å². The van der Waals surface area contributed by atoms with Gasteiger partial charge in [0.1, 0.15) is 6.61 Å². The molecule has 4 heterocycles. The van der Waals surface area contributed by atoms with E-state index in [1.165, 1.54) is 9.80 Å². The van der Waals surface area contributed by atoms with E-state index in [9.17, 15) is 24.0 Å². The van der Waals surface area contributed by atoms with Crippen LogP contribution in [0.4, 0.5) is 11.4 Å².